The normalized spacial score (nSPS) is 10.9. The largest absolute Gasteiger partial charge is 0.356 e. The van der Waals surface area contributed by atoms with Gasteiger partial charge in [-0.3, -0.25) is 4.79 Å². The van der Waals surface area contributed by atoms with Gasteiger partial charge in [-0.25, -0.2) is 22.8 Å². The summed E-state index contributed by atoms with van der Waals surface area (Å²) in [5, 5.41) is 8.47. The topological polar surface area (TPSA) is 129 Å². The summed E-state index contributed by atoms with van der Waals surface area (Å²) < 4.78 is 37.2. The molecule has 0 atom stereocenters. The lowest BCUT2D eigenvalue weighted by Crippen LogP contribution is -2.29. The molecule has 10 nitrogen and oxygen atoms in total. The van der Waals surface area contributed by atoms with Crippen LogP contribution < -0.4 is 20.9 Å². The zero-order valence-corrected chi connectivity index (χ0v) is 20.1. The minimum Gasteiger partial charge on any atom is -0.356 e. The molecule has 0 spiro atoms. The fourth-order valence-electron chi connectivity index (χ4n) is 3.01. The molecule has 1 aromatic carbocycles. The van der Waals surface area contributed by atoms with Gasteiger partial charge in [-0.05, 0) is 43.3 Å². The van der Waals surface area contributed by atoms with Gasteiger partial charge in [-0.1, -0.05) is 12.6 Å². The third kappa shape index (κ3) is 7.74. The second-order valence-electron chi connectivity index (χ2n) is 7.53. The van der Waals surface area contributed by atoms with Crippen LogP contribution in [0.2, 0.25) is 0 Å². The summed E-state index contributed by atoms with van der Waals surface area (Å²) in [6, 6.07) is 10.2. The van der Waals surface area contributed by atoms with Gasteiger partial charge in [0, 0.05) is 30.7 Å². The lowest BCUT2D eigenvalue weighted by atomic mass is 10.2. The van der Waals surface area contributed by atoms with Gasteiger partial charge in [0.1, 0.15) is 15.7 Å². The number of hydrogen-bond donors (Lipinski definition) is 3. The Kier molecular flexibility index (Phi) is 8.31. The number of carbonyl (C=O) groups is 1. The molecule has 0 bridgehead atoms. The molecule has 3 aromatic rings. The van der Waals surface area contributed by atoms with E-state index in [1.54, 1.807) is 42.6 Å². The van der Waals surface area contributed by atoms with Crippen molar-refractivity contribution in [3.8, 4) is 0 Å². The minimum atomic E-state index is -3.08. The van der Waals surface area contributed by atoms with Gasteiger partial charge in [-0.15, -0.1) is 0 Å². The second-order valence-corrected chi connectivity index (χ2v) is 9.79. The van der Waals surface area contributed by atoms with Gasteiger partial charge in [0.25, 0.3) is 0 Å². The van der Waals surface area contributed by atoms with Crippen LogP contribution in [0.4, 0.5) is 39.0 Å². The first-order chi connectivity index (χ1) is 16.7. The second kappa shape index (κ2) is 11.4. The maximum absolute atomic E-state index is 14.3. The number of halogens is 1. The van der Waals surface area contributed by atoms with E-state index in [1.165, 1.54) is 6.26 Å². The first kappa shape index (κ1) is 25.6. The molecule has 0 aliphatic heterocycles. The standard InChI is InChI=1S/C23H26FN7O3S/c1-4-21(32)27-16-7-6-8-17(13-16)28-22-19(24)15-26-23(30-22)29-18-9-10-20(25-14-18)31(5-2)11-12-35(3,33)34/h4,6-10,13-15H,1,5,11-12H2,2-3H3,(H,27,32)(H2,26,28,29,30). The highest BCUT2D eigenvalue weighted by Crippen LogP contribution is 2.23. The first-order valence-corrected chi connectivity index (χ1v) is 12.7. The van der Waals surface area contributed by atoms with Crippen molar-refractivity contribution in [2.45, 2.75) is 6.92 Å². The number of nitrogens with zero attached hydrogens (tertiary/aromatic N) is 4. The molecule has 0 saturated carbocycles. The van der Waals surface area contributed by atoms with Crippen molar-refractivity contribution in [3.63, 3.8) is 0 Å². The van der Waals surface area contributed by atoms with Crippen LogP contribution in [0.5, 0.6) is 0 Å². The minimum absolute atomic E-state index is 0.0330. The van der Waals surface area contributed by atoms with Crippen LogP contribution in [-0.2, 0) is 14.6 Å². The highest BCUT2D eigenvalue weighted by molar-refractivity contribution is 7.90. The lowest BCUT2D eigenvalue weighted by molar-refractivity contribution is -0.111. The SMILES string of the molecule is C=CC(=O)Nc1cccc(Nc2nc(Nc3ccc(N(CC)CCS(C)(=O)=O)nc3)ncc2F)c1. The van der Waals surface area contributed by atoms with Gasteiger partial charge in [-0.2, -0.15) is 4.98 Å². The Morgan fingerprint density at radius 1 is 1.11 bits per heavy atom. The maximum atomic E-state index is 14.3. The molecule has 0 radical (unpaired) electrons. The van der Waals surface area contributed by atoms with E-state index in [2.05, 4.69) is 37.5 Å². The molecule has 1 amide bonds. The predicted octanol–water partition coefficient (Wildman–Crippen LogP) is 3.49. The van der Waals surface area contributed by atoms with E-state index in [4.69, 9.17) is 0 Å². The Morgan fingerprint density at radius 3 is 2.54 bits per heavy atom. The number of benzene rings is 1. The number of carbonyl (C=O) groups excluding carboxylic acids is 1. The van der Waals surface area contributed by atoms with Gasteiger partial charge >= 0.3 is 0 Å². The van der Waals surface area contributed by atoms with Gasteiger partial charge < -0.3 is 20.9 Å². The molecule has 2 aromatic heterocycles. The number of sulfone groups is 1. The van der Waals surface area contributed by atoms with Crippen molar-refractivity contribution in [2.24, 2.45) is 0 Å². The highest BCUT2D eigenvalue weighted by Gasteiger charge is 2.12. The number of amides is 1. The number of pyridine rings is 1. The van der Waals surface area contributed by atoms with Crippen LogP contribution in [0.15, 0.2) is 61.4 Å². The average molecular weight is 500 g/mol. The van der Waals surface area contributed by atoms with E-state index >= 15 is 0 Å². The van der Waals surface area contributed by atoms with E-state index in [1.807, 2.05) is 11.8 Å². The van der Waals surface area contributed by atoms with E-state index < -0.39 is 15.7 Å². The van der Waals surface area contributed by atoms with Crippen LogP contribution >= 0.6 is 0 Å². The summed E-state index contributed by atoms with van der Waals surface area (Å²) in [6.07, 6.45) is 4.94. The highest BCUT2D eigenvalue weighted by atomic mass is 32.2. The fraction of sp³-hybridized carbons (Fsp3) is 0.217. The molecule has 0 aliphatic rings. The number of anilines is 6. The number of rotatable bonds is 11. The molecule has 3 rings (SSSR count). The van der Waals surface area contributed by atoms with Crippen molar-refractivity contribution in [1.82, 2.24) is 15.0 Å². The average Bonchev–Trinajstić information content (AvgIpc) is 2.82. The molecule has 0 unspecified atom stereocenters. The number of hydrogen-bond acceptors (Lipinski definition) is 9. The van der Waals surface area contributed by atoms with E-state index in [0.717, 1.165) is 12.3 Å². The maximum Gasteiger partial charge on any atom is 0.247 e. The first-order valence-electron chi connectivity index (χ1n) is 10.7. The van der Waals surface area contributed by atoms with E-state index in [9.17, 15) is 17.6 Å². The molecular weight excluding hydrogens is 473 g/mol. The van der Waals surface area contributed by atoms with Crippen molar-refractivity contribution in [3.05, 3.63) is 67.3 Å². The Balaban J connectivity index is 1.70. The van der Waals surface area contributed by atoms with E-state index in [0.29, 0.717) is 36.0 Å². The smallest absolute Gasteiger partial charge is 0.247 e. The van der Waals surface area contributed by atoms with Crippen LogP contribution in [0.3, 0.4) is 0 Å². The van der Waals surface area contributed by atoms with Crippen LogP contribution in [-0.4, -0.2) is 54.4 Å². The lowest BCUT2D eigenvalue weighted by Gasteiger charge is -2.21. The monoisotopic (exact) mass is 499 g/mol. The third-order valence-corrected chi connectivity index (χ3v) is 5.69. The predicted molar refractivity (Wildman–Crippen MR) is 136 cm³/mol. The molecule has 12 heteroatoms. The van der Waals surface area contributed by atoms with Gasteiger partial charge in [0.15, 0.2) is 11.6 Å². The molecule has 2 heterocycles. The molecule has 3 N–H and O–H groups in total. The van der Waals surface area contributed by atoms with Crippen LogP contribution in [0, 0.1) is 5.82 Å². The molecule has 0 saturated heterocycles. The Hall–Kier alpha value is -4.06. The fourth-order valence-corrected chi connectivity index (χ4v) is 3.56. The van der Waals surface area contributed by atoms with Gasteiger partial charge in [0.05, 0.1) is 23.8 Å². The summed E-state index contributed by atoms with van der Waals surface area (Å²) in [4.78, 5) is 25.9. The molecule has 0 aliphatic carbocycles. The summed E-state index contributed by atoms with van der Waals surface area (Å²) >= 11 is 0. The van der Waals surface area contributed by atoms with Crippen LogP contribution in [0.1, 0.15) is 6.92 Å². The van der Waals surface area contributed by atoms with E-state index in [-0.39, 0.29) is 23.4 Å². The zero-order valence-electron chi connectivity index (χ0n) is 19.3. The number of aromatic nitrogens is 3. The summed E-state index contributed by atoms with van der Waals surface area (Å²) in [6.45, 7) is 6.26. The molecular formula is C23H26FN7O3S. The summed E-state index contributed by atoms with van der Waals surface area (Å²) in [5.41, 5.74) is 1.59. The Labute approximate surface area is 203 Å². The van der Waals surface area contributed by atoms with Crippen molar-refractivity contribution in [2.75, 3.05) is 45.9 Å². The zero-order chi connectivity index (χ0) is 25.4. The molecule has 184 valence electrons. The quantitative estimate of drug-likeness (QED) is 0.340. The number of nitrogens with one attached hydrogen (secondary N) is 3. The van der Waals surface area contributed by atoms with Crippen molar-refractivity contribution < 1.29 is 17.6 Å². The third-order valence-electron chi connectivity index (χ3n) is 4.76. The summed E-state index contributed by atoms with van der Waals surface area (Å²) in [5.74, 6) is -0.271. The Morgan fingerprint density at radius 2 is 1.89 bits per heavy atom. The Bertz CT molecular complexity index is 1300. The van der Waals surface area contributed by atoms with Crippen molar-refractivity contribution >= 4 is 50.4 Å². The molecule has 35 heavy (non-hydrogen) atoms. The summed E-state index contributed by atoms with van der Waals surface area (Å²) in [7, 11) is -3.08. The van der Waals surface area contributed by atoms with Crippen molar-refractivity contribution in [1.29, 1.82) is 0 Å². The van der Waals surface area contributed by atoms with Gasteiger partial charge in [0.2, 0.25) is 11.9 Å². The van der Waals surface area contributed by atoms with Crippen LogP contribution in [0.25, 0.3) is 0 Å². The molecule has 0 fully saturated rings.